The van der Waals surface area contributed by atoms with Crippen molar-refractivity contribution >= 4 is 27.6 Å². The molecular formula is C21H16N2O3S. The van der Waals surface area contributed by atoms with Crippen LogP contribution in [0.25, 0.3) is 10.8 Å². The van der Waals surface area contributed by atoms with Crippen LogP contribution in [0.4, 0.5) is 0 Å². The Kier molecular flexibility index (Phi) is 4.89. The van der Waals surface area contributed by atoms with Gasteiger partial charge in [0.15, 0.2) is 0 Å². The van der Waals surface area contributed by atoms with Crippen molar-refractivity contribution in [1.29, 1.82) is 0 Å². The Morgan fingerprint density at radius 1 is 1.00 bits per heavy atom. The highest BCUT2D eigenvalue weighted by atomic mass is 32.2. The molecule has 0 spiro atoms. The van der Waals surface area contributed by atoms with Gasteiger partial charge in [0, 0.05) is 17.3 Å². The van der Waals surface area contributed by atoms with Gasteiger partial charge in [0.1, 0.15) is 5.75 Å². The van der Waals surface area contributed by atoms with Crippen molar-refractivity contribution in [2.45, 2.75) is 11.6 Å². The van der Waals surface area contributed by atoms with Gasteiger partial charge in [-0.25, -0.2) is 0 Å². The van der Waals surface area contributed by atoms with E-state index in [2.05, 4.69) is 10.2 Å². The summed E-state index contributed by atoms with van der Waals surface area (Å²) in [6, 6.07) is 21.2. The zero-order chi connectivity index (χ0) is 18.6. The molecule has 1 heterocycles. The second-order valence-electron chi connectivity index (χ2n) is 5.94. The van der Waals surface area contributed by atoms with Crippen molar-refractivity contribution in [2.75, 3.05) is 7.11 Å². The number of benzene rings is 3. The monoisotopic (exact) mass is 376 g/mol. The molecule has 1 aromatic heterocycles. The molecule has 0 aliphatic carbocycles. The molecule has 27 heavy (non-hydrogen) atoms. The number of ether oxygens (including phenoxy) is 1. The van der Waals surface area contributed by atoms with E-state index in [1.807, 2.05) is 66.7 Å². The van der Waals surface area contributed by atoms with E-state index in [1.54, 1.807) is 7.11 Å². The van der Waals surface area contributed by atoms with Crippen molar-refractivity contribution < 1.29 is 13.9 Å². The molecule has 0 N–H and O–H groups in total. The average Bonchev–Trinajstić information content (AvgIpc) is 3.15. The highest BCUT2D eigenvalue weighted by Crippen LogP contribution is 2.25. The van der Waals surface area contributed by atoms with E-state index in [-0.39, 0.29) is 10.3 Å². The first kappa shape index (κ1) is 17.3. The van der Waals surface area contributed by atoms with Crippen LogP contribution in [-0.2, 0) is 6.42 Å². The van der Waals surface area contributed by atoms with Crippen molar-refractivity contribution in [1.82, 2.24) is 10.2 Å². The Labute approximate surface area is 160 Å². The summed E-state index contributed by atoms with van der Waals surface area (Å²) in [5.41, 5.74) is 1.63. The summed E-state index contributed by atoms with van der Waals surface area (Å²) >= 11 is 0.944. The van der Waals surface area contributed by atoms with Crippen LogP contribution in [0.5, 0.6) is 5.75 Å². The number of hydrogen-bond donors (Lipinski definition) is 0. The first-order valence-corrected chi connectivity index (χ1v) is 9.19. The molecule has 0 atom stereocenters. The molecule has 134 valence electrons. The zero-order valence-corrected chi connectivity index (χ0v) is 15.4. The van der Waals surface area contributed by atoms with Gasteiger partial charge in [-0.1, -0.05) is 42.5 Å². The summed E-state index contributed by atoms with van der Waals surface area (Å²) in [7, 11) is 1.63. The molecule has 0 unspecified atom stereocenters. The topological polar surface area (TPSA) is 65.2 Å². The summed E-state index contributed by atoms with van der Waals surface area (Å²) in [5.74, 6) is 1.26. The standard InChI is InChI=1S/C21H16N2O3S/c1-25-18-10-6-14(7-11-18)12-19-22-23-21(26-19)27-20(24)17-9-8-15-4-2-3-5-16(15)13-17/h2-11,13H,12H2,1H3. The van der Waals surface area contributed by atoms with Gasteiger partial charge < -0.3 is 9.15 Å². The number of carbonyl (C=O) groups excluding carboxylic acids is 1. The minimum Gasteiger partial charge on any atom is -0.497 e. The van der Waals surface area contributed by atoms with Crippen LogP contribution in [0.2, 0.25) is 0 Å². The van der Waals surface area contributed by atoms with Crippen molar-refractivity contribution in [3.05, 3.63) is 83.7 Å². The lowest BCUT2D eigenvalue weighted by molar-refractivity contribution is 0.108. The quantitative estimate of drug-likeness (QED) is 0.468. The SMILES string of the molecule is COc1ccc(Cc2nnc(SC(=O)c3ccc4ccccc4c3)o2)cc1. The van der Waals surface area contributed by atoms with E-state index in [4.69, 9.17) is 9.15 Å². The molecular weight excluding hydrogens is 360 g/mol. The maximum Gasteiger partial charge on any atom is 0.284 e. The first-order valence-electron chi connectivity index (χ1n) is 8.37. The van der Waals surface area contributed by atoms with Gasteiger partial charge in [-0.15, -0.1) is 10.2 Å². The molecule has 0 fully saturated rings. The van der Waals surface area contributed by atoms with Gasteiger partial charge in [0.2, 0.25) is 11.0 Å². The second kappa shape index (κ2) is 7.63. The molecule has 5 nitrogen and oxygen atoms in total. The first-order chi connectivity index (χ1) is 13.2. The summed E-state index contributed by atoms with van der Waals surface area (Å²) in [6.07, 6.45) is 0.502. The maximum atomic E-state index is 12.5. The van der Waals surface area contributed by atoms with Crippen LogP contribution in [-0.4, -0.2) is 22.4 Å². The van der Waals surface area contributed by atoms with Crippen LogP contribution < -0.4 is 4.74 Å². The summed E-state index contributed by atoms with van der Waals surface area (Å²) in [6.45, 7) is 0. The van der Waals surface area contributed by atoms with Gasteiger partial charge in [0.05, 0.1) is 13.5 Å². The van der Waals surface area contributed by atoms with Crippen molar-refractivity contribution in [3.63, 3.8) is 0 Å². The molecule has 4 aromatic rings. The number of aromatic nitrogens is 2. The fraction of sp³-hybridized carbons (Fsp3) is 0.0952. The highest BCUT2D eigenvalue weighted by Gasteiger charge is 2.15. The van der Waals surface area contributed by atoms with E-state index in [9.17, 15) is 4.79 Å². The molecule has 0 amide bonds. The van der Waals surface area contributed by atoms with Gasteiger partial charge >= 0.3 is 0 Å². The molecule has 0 radical (unpaired) electrons. The lowest BCUT2D eigenvalue weighted by Gasteiger charge is -2.01. The van der Waals surface area contributed by atoms with E-state index >= 15 is 0 Å². The second-order valence-corrected chi connectivity index (χ2v) is 6.86. The van der Waals surface area contributed by atoms with Gasteiger partial charge in [-0.3, -0.25) is 4.79 Å². The Morgan fingerprint density at radius 3 is 2.56 bits per heavy atom. The minimum absolute atomic E-state index is 0.125. The van der Waals surface area contributed by atoms with Crippen LogP contribution in [0, 0.1) is 0 Å². The number of carbonyl (C=O) groups is 1. The average molecular weight is 376 g/mol. The predicted molar refractivity (Wildman–Crippen MR) is 104 cm³/mol. The maximum absolute atomic E-state index is 12.5. The highest BCUT2D eigenvalue weighted by molar-refractivity contribution is 8.14. The number of rotatable bonds is 5. The fourth-order valence-electron chi connectivity index (χ4n) is 2.72. The Bertz CT molecular complexity index is 1090. The summed E-state index contributed by atoms with van der Waals surface area (Å²) in [5, 5.41) is 10.2. The third-order valence-corrected chi connectivity index (χ3v) is 4.89. The molecule has 6 heteroatoms. The molecule has 0 saturated heterocycles. The van der Waals surface area contributed by atoms with E-state index in [0.29, 0.717) is 17.9 Å². The molecule has 0 aliphatic rings. The summed E-state index contributed by atoms with van der Waals surface area (Å²) < 4.78 is 10.8. The molecule has 3 aromatic carbocycles. The number of thioether (sulfide) groups is 1. The van der Waals surface area contributed by atoms with Crippen LogP contribution in [0.1, 0.15) is 21.8 Å². The molecule has 0 aliphatic heterocycles. The van der Waals surface area contributed by atoms with E-state index in [1.165, 1.54) is 0 Å². The Balaban J connectivity index is 1.45. The number of methoxy groups -OCH3 is 1. The minimum atomic E-state index is -0.125. The number of fused-ring (bicyclic) bond motifs is 1. The molecule has 0 saturated carbocycles. The van der Waals surface area contributed by atoms with Gasteiger partial charge in [-0.05, 0) is 40.6 Å². The van der Waals surface area contributed by atoms with Gasteiger partial charge in [-0.2, -0.15) is 0 Å². The van der Waals surface area contributed by atoms with Crippen molar-refractivity contribution in [3.8, 4) is 5.75 Å². The zero-order valence-electron chi connectivity index (χ0n) is 14.6. The van der Waals surface area contributed by atoms with E-state index in [0.717, 1.165) is 33.8 Å². The third-order valence-electron chi connectivity index (χ3n) is 4.13. The van der Waals surface area contributed by atoms with E-state index < -0.39 is 0 Å². The molecule has 4 rings (SSSR count). The largest absolute Gasteiger partial charge is 0.497 e. The normalized spacial score (nSPS) is 10.9. The molecule has 0 bridgehead atoms. The number of hydrogen-bond acceptors (Lipinski definition) is 6. The summed E-state index contributed by atoms with van der Waals surface area (Å²) in [4.78, 5) is 12.5. The smallest absolute Gasteiger partial charge is 0.284 e. The third kappa shape index (κ3) is 4.01. The predicted octanol–water partition coefficient (Wildman–Crippen LogP) is 4.75. The van der Waals surface area contributed by atoms with Crippen LogP contribution in [0.3, 0.4) is 0 Å². The Hall–Kier alpha value is -3.12. The van der Waals surface area contributed by atoms with Crippen LogP contribution >= 0.6 is 11.8 Å². The fourth-order valence-corrected chi connectivity index (χ4v) is 3.35. The Morgan fingerprint density at radius 2 is 1.78 bits per heavy atom. The lowest BCUT2D eigenvalue weighted by atomic mass is 10.1. The number of nitrogens with zero attached hydrogens (tertiary/aromatic N) is 2. The van der Waals surface area contributed by atoms with Crippen molar-refractivity contribution in [2.24, 2.45) is 0 Å². The lowest BCUT2D eigenvalue weighted by Crippen LogP contribution is -1.93. The van der Waals surface area contributed by atoms with Crippen LogP contribution in [0.15, 0.2) is 76.4 Å². The van der Waals surface area contributed by atoms with Gasteiger partial charge in [0.25, 0.3) is 5.22 Å².